The number of hydrogen-bond donors (Lipinski definition) is 1. The molecule has 0 aromatic heterocycles. The Hall–Kier alpha value is -1.23. The Bertz CT molecular complexity index is 357. The highest BCUT2D eigenvalue weighted by Crippen LogP contribution is 2.26. The molecular formula is C12H20N2O3. The Morgan fingerprint density at radius 3 is 2.29 bits per heavy atom. The number of amides is 2. The molecule has 1 aliphatic heterocycles. The number of hydrogen-bond acceptors (Lipinski definition) is 4. The third-order valence-electron chi connectivity index (χ3n) is 2.99. The second-order valence-electron chi connectivity index (χ2n) is 5.57. The van der Waals surface area contributed by atoms with Crippen molar-refractivity contribution in [2.75, 3.05) is 6.54 Å². The minimum atomic E-state index is -0.819. The van der Waals surface area contributed by atoms with Crippen LogP contribution in [0.2, 0.25) is 0 Å². The molecule has 0 aromatic rings. The predicted molar refractivity (Wildman–Crippen MR) is 62.9 cm³/mol. The lowest BCUT2D eigenvalue weighted by Crippen LogP contribution is -2.52. The fraction of sp³-hybridized carbons (Fsp3) is 0.750. The largest absolute Gasteiger partial charge is 0.328 e. The van der Waals surface area contributed by atoms with E-state index in [9.17, 15) is 14.4 Å². The molecular weight excluding hydrogens is 220 g/mol. The highest BCUT2D eigenvalue weighted by Gasteiger charge is 2.44. The minimum absolute atomic E-state index is 0.0136. The van der Waals surface area contributed by atoms with Crippen LogP contribution in [0.5, 0.6) is 0 Å². The first-order chi connectivity index (χ1) is 7.70. The van der Waals surface area contributed by atoms with Gasteiger partial charge in [0.05, 0.1) is 0 Å². The van der Waals surface area contributed by atoms with Crippen molar-refractivity contribution >= 4 is 17.6 Å². The molecule has 0 saturated carbocycles. The molecule has 1 heterocycles. The Morgan fingerprint density at radius 2 is 2.00 bits per heavy atom. The molecule has 2 N–H and O–H groups in total. The number of ketones is 1. The molecule has 5 heteroatoms. The van der Waals surface area contributed by atoms with Gasteiger partial charge < -0.3 is 5.73 Å². The molecule has 17 heavy (non-hydrogen) atoms. The molecule has 0 spiro atoms. The summed E-state index contributed by atoms with van der Waals surface area (Å²) in [6.07, 6.45) is 0.173. The predicted octanol–water partition coefficient (Wildman–Crippen LogP) is 0.324. The second-order valence-corrected chi connectivity index (χ2v) is 5.57. The van der Waals surface area contributed by atoms with Crippen LogP contribution in [-0.2, 0) is 14.4 Å². The summed E-state index contributed by atoms with van der Waals surface area (Å²) in [6, 6.07) is -0.819. The zero-order chi connectivity index (χ0) is 13.4. The highest BCUT2D eigenvalue weighted by molar-refractivity contribution is 6.07. The van der Waals surface area contributed by atoms with Crippen molar-refractivity contribution in [1.82, 2.24) is 4.90 Å². The Morgan fingerprint density at radius 1 is 1.47 bits per heavy atom. The van der Waals surface area contributed by atoms with Gasteiger partial charge in [-0.3, -0.25) is 19.3 Å². The fourth-order valence-corrected chi connectivity index (χ4v) is 1.96. The summed E-state index contributed by atoms with van der Waals surface area (Å²) in [4.78, 5) is 36.8. The van der Waals surface area contributed by atoms with Crippen molar-refractivity contribution in [3.8, 4) is 0 Å². The van der Waals surface area contributed by atoms with Crippen molar-refractivity contribution in [2.24, 2.45) is 17.1 Å². The molecule has 2 atom stereocenters. The van der Waals surface area contributed by atoms with Gasteiger partial charge in [-0.1, -0.05) is 27.7 Å². The molecule has 5 nitrogen and oxygen atoms in total. The van der Waals surface area contributed by atoms with Gasteiger partial charge in [0, 0.05) is 24.3 Å². The van der Waals surface area contributed by atoms with Crippen molar-refractivity contribution < 1.29 is 14.4 Å². The molecule has 0 bridgehead atoms. The van der Waals surface area contributed by atoms with E-state index >= 15 is 0 Å². The van der Waals surface area contributed by atoms with Gasteiger partial charge in [0.1, 0.15) is 6.04 Å². The molecule has 0 aliphatic carbocycles. The van der Waals surface area contributed by atoms with Crippen LogP contribution in [0.1, 0.15) is 34.1 Å². The lowest BCUT2D eigenvalue weighted by atomic mass is 9.86. The Balaban J connectivity index is 3.00. The summed E-state index contributed by atoms with van der Waals surface area (Å²) >= 11 is 0. The summed E-state index contributed by atoms with van der Waals surface area (Å²) in [5.74, 6) is -1.10. The number of imide groups is 1. The van der Waals surface area contributed by atoms with E-state index in [4.69, 9.17) is 5.73 Å². The number of carbonyl (C=O) groups is 3. The third kappa shape index (κ3) is 2.54. The van der Waals surface area contributed by atoms with Gasteiger partial charge in [-0.15, -0.1) is 0 Å². The number of likely N-dealkylation sites (tertiary alicyclic amines) is 1. The normalized spacial score (nSPS) is 23.1. The van der Waals surface area contributed by atoms with E-state index in [0.29, 0.717) is 0 Å². The van der Waals surface area contributed by atoms with Crippen molar-refractivity contribution in [3.05, 3.63) is 0 Å². The molecule has 1 rings (SSSR count). The Labute approximate surface area is 101 Å². The van der Waals surface area contributed by atoms with Crippen molar-refractivity contribution in [1.29, 1.82) is 0 Å². The maximum Gasteiger partial charge on any atom is 0.233 e. The summed E-state index contributed by atoms with van der Waals surface area (Å²) in [7, 11) is 0. The fourth-order valence-electron chi connectivity index (χ4n) is 1.96. The summed E-state index contributed by atoms with van der Waals surface area (Å²) in [6.45, 7) is 6.95. The molecule has 1 unspecified atom stereocenters. The molecule has 2 amide bonds. The van der Waals surface area contributed by atoms with Gasteiger partial charge in [0.15, 0.2) is 5.78 Å². The van der Waals surface area contributed by atoms with Gasteiger partial charge >= 0.3 is 0 Å². The minimum Gasteiger partial charge on any atom is -0.328 e. The first-order valence-corrected chi connectivity index (χ1v) is 5.80. The quantitative estimate of drug-likeness (QED) is 0.721. The first kappa shape index (κ1) is 13.8. The average Bonchev–Trinajstić information content (AvgIpc) is 2.44. The van der Waals surface area contributed by atoms with Crippen molar-refractivity contribution in [3.63, 3.8) is 0 Å². The summed E-state index contributed by atoms with van der Waals surface area (Å²) in [5, 5.41) is 0. The summed E-state index contributed by atoms with van der Waals surface area (Å²) in [5.41, 5.74) is 4.94. The van der Waals surface area contributed by atoms with Gasteiger partial charge in [-0.2, -0.15) is 0 Å². The van der Waals surface area contributed by atoms with Gasteiger partial charge in [0.2, 0.25) is 11.8 Å². The van der Waals surface area contributed by atoms with E-state index in [1.54, 1.807) is 27.7 Å². The molecule has 1 fully saturated rings. The third-order valence-corrected chi connectivity index (χ3v) is 2.99. The van der Waals surface area contributed by atoms with E-state index in [0.717, 1.165) is 4.90 Å². The van der Waals surface area contributed by atoms with Crippen molar-refractivity contribution in [2.45, 2.75) is 40.2 Å². The summed E-state index contributed by atoms with van der Waals surface area (Å²) < 4.78 is 0. The monoisotopic (exact) mass is 240 g/mol. The number of rotatable bonds is 3. The topological polar surface area (TPSA) is 80.5 Å². The van der Waals surface area contributed by atoms with Crippen LogP contribution in [0, 0.1) is 11.3 Å². The average molecular weight is 240 g/mol. The number of nitrogens with zero attached hydrogens (tertiary/aromatic N) is 1. The van der Waals surface area contributed by atoms with E-state index < -0.39 is 11.5 Å². The number of nitrogens with two attached hydrogens (primary N) is 1. The molecule has 1 aliphatic rings. The zero-order valence-corrected chi connectivity index (χ0v) is 10.8. The van der Waals surface area contributed by atoms with Crippen LogP contribution in [-0.4, -0.2) is 35.1 Å². The zero-order valence-electron chi connectivity index (χ0n) is 10.8. The lowest BCUT2D eigenvalue weighted by Gasteiger charge is -2.29. The maximum absolute atomic E-state index is 12.2. The first-order valence-electron chi connectivity index (χ1n) is 5.80. The standard InChI is InChI=1S/C12H20N2O3/c1-7-5-9(15)14(11(7)17)8(6-13)10(16)12(2,3)4/h7-8H,5-6,13H2,1-4H3/t7?,8-/m0/s1. The van der Waals surface area contributed by atoms with Crippen LogP contribution in [0.3, 0.4) is 0 Å². The number of Topliss-reactive ketones (excluding diaryl/α,β-unsaturated/α-hetero) is 1. The van der Waals surface area contributed by atoms with E-state index in [-0.39, 0.29) is 36.5 Å². The van der Waals surface area contributed by atoms with E-state index in [1.165, 1.54) is 0 Å². The molecule has 0 aromatic carbocycles. The molecule has 1 saturated heterocycles. The van der Waals surface area contributed by atoms with Crippen LogP contribution in [0.25, 0.3) is 0 Å². The molecule has 96 valence electrons. The second kappa shape index (κ2) is 4.56. The van der Waals surface area contributed by atoms with Crippen LogP contribution < -0.4 is 5.73 Å². The molecule has 0 radical (unpaired) electrons. The van der Waals surface area contributed by atoms with Crippen LogP contribution >= 0.6 is 0 Å². The van der Waals surface area contributed by atoms with Crippen LogP contribution in [0.15, 0.2) is 0 Å². The van der Waals surface area contributed by atoms with E-state index in [1.807, 2.05) is 0 Å². The van der Waals surface area contributed by atoms with Crippen LogP contribution in [0.4, 0.5) is 0 Å². The highest BCUT2D eigenvalue weighted by atomic mass is 16.2. The SMILES string of the molecule is CC1CC(=O)N([C@@H](CN)C(=O)C(C)(C)C)C1=O. The van der Waals surface area contributed by atoms with Gasteiger partial charge in [-0.05, 0) is 0 Å². The van der Waals surface area contributed by atoms with E-state index in [2.05, 4.69) is 0 Å². The lowest BCUT2D eigenvalue weighted by molar-refractivity contribution is -0.148. The maximum atomic E-state index is 12.2. The Kier molecular flexibility index (Phi) is 3.71. The smallest absolute Gasteiger partial charge is 0.233 e. The van der Waals surface area contributed by atoms with Gasteiger partial charge in [-0.25, -0.2) is 0 Å². The van der Waals surface area contributed by atoms with Gasteiger partial charge in [0.25, 0.3) is 0 Å². The number of carbonyl (C=O) groups excluding carboxylic acids is 3.